The number of rotatable bonds is 4. The lowest BCUT2D eigenvalue weighted by atomic mass is 9.75. The fraction of sp³-hybridized carbons (Fsp3) is 0.481. The fourth-order valence-corrected chi connectivity index (χ4v) is 6.95. The minimum Gasteiger partial charge on any atom is -0.465 e. The van der Waals surface area contributed by atoms with Crippen LogP contribution < -0.4 is 10.6 Å². The second-order valence-electron chi connectivity index (χ2n) is 11.4. The van der Waals surface area contributed by atoms with E-state index in [2.05, 4.69) is 25.5 Å². The second-order valence-corrected chi connectivity index (χ2v) is 13.0. The molecular weight excluding hydrogens is 540 g/mol. The van der Waals surface area contributed by atoms with Gasteiger partial charge in [-0.05, 0) is 43.1 Å². The third-order valence-corrected chi connectivity index (χ3v) is 8.80. The summed E-state index contributed by atoms with van der Waals surface area (Å²) in [6.45, 7) is 7.71. The molecule has 3 aromatic rings. The molecular formula is C27H33ClN6O4S. The van der Waals surface area contributed by atoms with E-state index in [1.165, 1.54) is 16.2 Å². The van der Waals surface area contributed by atoms with E-state index in [9.17, 15) is 19.5 Å². The summed E-state index contributed by atoms with van der Waals surface area (Å²) in [6, 6.07) is 5.26. The van der Waals surface area contributed by atoms with Crippen molar-refractivity contribution >= 4 is 51.7 Å². The monoisotopic (exact) mass is 572 g/mol. The maximum atomic E-state index is 13.5. The topological polar surface area (TPSA) is 131 Å². The number of hydrogen-bond donors (Lipinski definition) is 4. The number of halogens is 1. The Labute approximate surface area is 235 Å². The van der Waals surface area contributed by atoms with Crippen LogP contribution in [0.2, 0.25) is 5.02 Å². The van der Waals surface area contributed by atoms with Gasteiger partial charge in [0.05, 0.1) is 23.8 Å². The average molecular weight is 573 g/mol. The smallest absolute Gasteiger partial charge is 0.407 e. The number of aromatic amines is 1. The van der Waals surface area contributed by atoms with Crippen molar-refractivity contribution in [3.63, 3.8) is 0 Å². The summed E-state index contributed by atoms with van der Waals surface area (Å²) < 4.78 is 0. The van der Waals surface area contributed by atoms with Crippen LogP contribution in [0.15, 0.2) is 24.3 Å². The van der Waals surface area contributed by atoms with Crippen LogP contribution in [-0.2, 0) is 13.0 Å². The van der Waals surface area contributed by atoms with Gasteiger partial charge in [0.25, 0.3) is 11.8 Å². The molecule has 3 atom stereocenters. The Balaban J connectivity index is 1.44. The number of carbonyl (C=O) groups excluding carboxylic acids is 2. The predicted molar refractivity (Wildman–Crippen MR) is 151 cm³/mol. The highest BCUT2D eigenvalue weighted by Crippen LogP contribution is 2.33. The maximum absolute atomic E-state index is 13.5. The summed E-state index contributed by atoms with van der Waals surface area (Å²) in [4.78, 5) is 51.5. The Bertz CT molecular complexity index is 1430. The van der Waals surface area contributed by atoms with Crippen LogP contribution in [0.1, 0.15) is 58.1 Å². The first kappa shape index (κ1) is 27.4. The molecule has 2 aliphatic heterocycles. The van der Waals surface area contributed by atoms with Crippen molar-refractivity contribution in [2.75, 3.05) is 20.1 Å². The van der Waals surface area contributed by atoms with Crippen molar-refractivity contribution in [2.45, 2.75) is 58.3 Å². The van der Waals surface area contributed by atoms with Gasteiger partial charge in [-0.15, -0.1) is 11.3 Å². The number of carboxylic acid groups (broad SMARTS) is 1. The number of fused-ring (bicyclic) bond motifs is 2. The first-order valence-electron chi connectivity index (χ1n) is 13.0. The molecule has 1 unspecified atom stereocenters. The molecule has 3 amide bonds. The molecule has 4 N–H and O–H groups in total. The van der Waals surface area contributed by atoms with E-state index in [-0.39, 0.29) is 18.4 Å². The van der Waals surface area contributed by atoms with Crippen molar-refractivity contribution in [3.8, 4) is 0 Å². The molecule has 0 bridgehead atoms. The van der Waals surface area contributed by atoms with Crippen LogP contribution in [0.4, 0.5) is 4.79 Å². The SMILES string of the molecule is CN1CCc2nc(C(=O)N[C@H]3CCN(C(=O)O)C(C(C)(C)C)[C@@H]3NC(=O)c3cc4cc(Cl)ccc4[nH]3)sc2C1. The van der Waals surface area contributed by atoms with Gasteiger partial charge in [-0.3, -0.25) is 9.59 Å². The second kappa shape index (κ2) is 10.4. The minimum absolute atomic E-state index is 0.235. The number of amides is 3. The number of hydrogen-bond acceptors (Lipinski definition) is 6. The number of carbonyl (C=O) groups is 3. The average Bonchev–Trinajstić information content (AvgIpc) is 3.47. The molecule has 2 aliphatic rings. The number of aromatic nitrogens is 2. The first-order chi connectivity index (χ1) is 18.4. The number of benzene rings is 1. The number of nitrogens with zero attached hydrogens (tertiary/aromatic N) is 3. The molecule has 0 aliphatic carbocycles. The van der Waals surface area contributed by atoms with E-state index in [1.54, 1.807) is 24.3 Å². The van der Waals surface area contributed by atoms with Gasteiger partial charge >= 0.3 is 6.09 Å². The van der Waals surface area contributed by atoms with Crippen LogP contribution in [0, 0.1) is 5.41 Å². The molecule has 1 aromatic carbocycles. The quantitative estimate of drug-likeness (QED) is 0.374. The predicted octanol–water partition coefficient (Wildman–Crippen LogP) is 3.96. The Morgan fingerprint density at radius 1 is 1.15 bits per heavy atom. The first-order valence-corrected chi connectivity index (χ1v) is 14.2. The van der Waals surface area contributed by atoms with E-state index in [0.29, 0.717) is 22.1 Å². The number of thiazole rings is 1. The molecule has 0 spiro atoms. The van der Waals surface area contributed by atoms with Gasteiger partial charge in [0.15, 0.2) is 5.01 Å². The number of likely N-dealkylation sites (N-methyl/N-ethyl adjacent to an activating group) is 1. The molecule has 0 radical (unpaired) electrons. The Morgan fingerprint density at radius 2 is 1.92 bits per heavy atom. The molecule has 5 rings (SSSR count). The molecule has 1 fully saturated rings. The molecule has 0 saturated carbocycles. The van der Waals surface area contributed by atoms with E-state index in [0.717, 1.165) is 41.0 Å². The molecule has 2 aromatic heterocycles. The van der Waals surface area contributed by atoms with Crippen LogP contribution in [-0.4, -0.2) is 81.0 Å². The Kier molecular flexibility index (Phi) is 7.34. The molecule has 4 heterocycles. The zero-order valence-corrected chi connectivity index (χ0v) is 23.9. The van der Waals surface area contributed by atoms with E-state index >= 15 is 0 Å². The largest absolute Gasteiger partial charge is 0.465 e. The zero-order chi connectivity index (χ0) is 28.1. The van der Waals surface area contributed by atoms with E-state index < -0.39 is 29.6 Å². The highest BCUT2D eigenvalue weighted by molar-refractivity contribution is 7.13. The minimum atomic E-state index is -1.06. The van der Waals surface area contributed by atoms with E-state index in [1.807, 2.05) is 27.8 Å². The molecule has 12 heteroatoms. The summed E-state index contributed by atoms with van der Waals surface area (Å²) >= 11 is 7.50. The lowest BCUT2D eigenvalue weighted by Crippen LogP contribution is -2.69. The fourth-order valence-electron chi connectivity index (χ4n) is 5.68. The Hall–Kier alpha value is -3.15. The summed E-state index contributed by atoms with van der Waals surface area (Å²) in [5.74, 6) is -0.696. The van der Waals surface area contributed by atoms with Gasteiger partial charge in [0, 0.05) is 46.9 Å². The Morgan fingerprint density at radius 3 is 2.64 bits per heavy atom. The van der Waals surface area contributed by atoms with Crippen molar-refractivity contribution in [3.05, 3.63) is 50.6 Å². The molecule has 208 valence electrons. The van der Waals surface area contributed by atoms with E-state index in [4.69, 9.17) is 11.6 Å². The number of H-pyrrole nitrogens is 1. The molecule has 39 heavy (non-hydrogen) atoms. The van der Waals surface area contributed by atoms with Gasteiger partial charge < -0.3 is 30.5 Å². The molecule has 10 nitrogen and oxygen atoms in total. The summed E-state index contributed by atoms with van der Waals surface area (Å²) in [5.41, 5.74) is 1.52. The molecule has 1 saturated heterocycles. The maximum Gasteiger partial charge on any atom is 0.407 e. The third kappa shape index (κ3) is 5.61. The van der Waals surface area contributed by atoms with Gasteiger partial charge in [0.1, 0.15) is 5.69 Å². The van der Waals surface area contributed by atoms with Crippen LogP contribution in [0.5, 0.6) is 0 Å². The normalized spacial score (nSPS) is 22.0. The van der Waals surface area contributed by atoms with Crippen molar-refractivity contribution in [1.29, 1.82) is 0 Å². The lowest BCUT2D eigenvalue weighted by molar-refractivity contribution is 0.0226. The van der Waals surface area contributed by atoms with Gasteiger partial charge in [-0.1, -0.05) is 32.4 Å². The van der Waals surface area contributed by atoms with Crippen LogP contribution >= 0.6 is 22.9 Å². The number of nitrogens with one attached hydrogen (secondary N) is 3. The van der Waals surface area contributed by atoms with Crippen molar-refractivity contribution < 1.29 is 19.5 Å². The van der Waals surface area contributed by atoms with Crippen LogP contribution in [0.3, 0.4) is 0 Å². The summed E-state index contributed by atoms with van der Waals surface area (Å²) in [5, 5.41) is 17.9. The zero-order valence-electron chi connectivity index (χ0n) is 22.4. The van der Waals surface area contributed by atoms with Gasteiger partial charge in [-0.2, -0.15) is 0 Å². The van der Waals surface area contributed by atoms with Crippen LogP contribution in [0.25, 0.3) is 10.9 Å². The highest BCUT2D eigenvalue weighted by atomic mass is 35.5. The standard InChI is InChI=1S/C27H33ClN6O4S/c1-27(2,3)22-21(32-23(35)19-12-14-11-15(28)5-6-16(14)29-19)18(8-10-34(22)26(37)38)30-24(36)25-31-17-7-9-33(4)13-20(17)39-25/h5-6,11-12,18,21-22,29H,7-10,13H2,1-4H3,(H,30,36)(H,32,35)(H,37,38)/t18-,21+,22?/m0/s1. The lowest BCUT2D eigenvalue weighted by Gasteiger charge is -2.50. The van der Waals surface area contributed by atoms with Gasteiger partial charge in [-0.25, -0.2) is 9.78 Å². The number of likely N-dealkylation sites (tertiary alicyclic amines) is 1. The number of piperidine rings is 1. The summed E-state index contributed by atoms with van der Waals surface area (Å²) in [6.07, 6.45) is 0.0923. The third-order valence-electron chi connectivity index (χ3n) is 7.48. The van der Waals surface area contributed by atoms with Gasteiger partial charge in [0.2, 0.25) is 0 Å². The van der Waals surface area contributed by atoms with Crippen molar-refractivity contribution in [1.82, 2.24) is 30.4 Å². The highest BCUT2D eigenvalue weighted by Gasteiger charge is 2.47. The van der Waals surface area contributed by atoms with Crippen molar-refractivity contribution in [2.24, 2.45) is 5.41 Å². The summed E-state index contributed by atoms with van der Waals surface area (Å²) in [7, 11) is 2.04.